The minimum Gasteiger partial charge on any atom is -0.462 e. The Bertz CT molecular complexity index is 1100. The molecule has 0 fully saturated rings. The summed E-state index contributed by atoms with van der Waals surface area (Å²) in [4.78, 5) is 38.1. The third kappa shape index (κ3) is 54.8. The number of carbonyl (C=O) groups excluding carboxylic acids is 3. The fourth-order valence-corrected chi connectivity index (χ4v) is 9.08. The van der Waals surface area contributed by atoms with E-state index < -0.39 is 6.10 Å². The highest BCUT2D eigenvalue weighted by Gasteiger charge is 2.19. The van der Waals surface area contributed by atoms with E-state index in [2.05, 4.69) is 45.1 Å². The van der Waals surface area contributed by atoms with E-state index in [4.69, 9.17) is 14.2 Å². The zero-order chi connectivity index (χ0) is 49.3. The molecule has 0 aliphatic rings. The summed E-state index contributed by atoms with van der Waals surface area (Å²) in [5, 5.41) is 0. The number of unbranched alkanes of at least 4 members (excludes halogenated alkanes) is 41. The minimum atomic E-state index is -0.769. The summed E-state index contributed by atoms with van der Waals surface area (Å²) in [5.74, 6) is -0.857. The molecule has 0 aliphatic heterocycles. The van der Waals surface area contributed by atoms with Gasteiger partial charge < -0.3 is 14.2 Å². The van der Waals surface area contributed by atoms with E-state index >= 15 is 0 Å². The molecule has 0 aliphatic carbocycles. The predicted octanol–water partition coefficient (Wildman–Crippen LogP) is 20.3. The van der Waals surface area contributed by atoms with E-state index in [1.807, 2.05) is 0 Å². The molecule has 0 aromatic heterocycles. The first-order valence-electron chi connectivity index (χ1n) is 30.3. The first-order chi connectivity index (χ1) is 33.5. The molecule has 0 spiro atoms. The van der Waals surface area contributed by atoms with Crippen molar-refractivity contribution in [3.8, 4) is 0 Å². The van der Waals surface area contributed by atoms with Gasteiger partial charge in [-0.3, -0.25) is 14.4 Å². The largest absolute Gasteiger partial charge is 0.462 e. The maximum atomic E-state index is 12.8. The number of hydrogen-bond acceptors (Lipinski definition) is 6. The molecule has 0 heterocycles. The Hall–Kier alpha value is -2.11. The summed E-state index contributed by atoms with van der Waals surface area (Å²) in [5.41, 5.74) is 0. The number of hydrogen-bond donors (Lipinski definition) is 0. The molecule has 1 unspecified atom stereocenters. The lowest BCUT2D eigenvalue weighted by molar-refractivity contribution is -0.167. The Morgan fingerprint density at radius 3 is 0.735 bits per heavy atom. The molecule has 0 saturated carbocycles. The third-order valence-electron chi connectivity index (χ3n) is 13.7. The molecule has 0 amide bonds. The highest BCUT2D eigenvalue weighted by Crippen LogP contribution is 2.17. The molecule has 0 rings (SSSR count). The van der Waals surface area contributed by atoms with Crippen LogP contribution in [0.5, 0.6) is 0 Å². The zero-order valence-electron chi connectivity index (χ0n) is 45.9. The van der Waals surface area contributed by atoms with Crippen LogP contribution in [-0.2, 0) is 28.6 Å². The Morgan fingerprint density at radius 1 is 0.279 bits per heavy atom. The molecule has 0 aromatic rings. The molecule has 400 valence electrons. The van der Waals surface area contributed by atoms with Crippen LogP contribution in [0.1, 0.15) is 335 Å². The number of ether oxygens (including phenoxy) is 3. The Labute approximate surface area is 423 Å². The van der Waals surface area contributed by atoms with Gasteiger partial charge >= 0.3 is 17.9 Å². The quantitative estimate of drug-likeness (QED) is 0.0262. The van der Waals surface area contributed by atoms with Gasteiger partial charge in [-0.1, -0.05) is 270 Å². The highest BCUT2D eigenvalue weighted by atomic mass is 16.6. The Kier molecular flexibility index (Phi) is 55.7. The fourth-order valence-electron chi connectivity index (χ4n) is 9.08. The lowest BCUT2D eigenvalue weighted by atomic mass is 10.0. The van der Waals surface area contributed by atoms with E-state index in [1.165, 1.54) is 238 Å². The maximum absolute atomic E-state index is 12.8. The van der Waals surface area contributed by atoms with Crippen molar-refractivity contribution in [2.45, 2.75) is 341 Å². The second kappa shape index (κ2) is 57.5. The van der Waals surface area contributed by atoms with E-state index in [0.717, 1.165) is 57.8 Å². The van der Waals surface area contributed by atoms with Crippen molar-refractivity contribution in [1.82, 2.24) is 0 Å². The summed E-state index contributed by atoms with van der Waals surface area (Å²) in [6.45, 7) is 6.66. The van der Waals surface area contributed by atoms with Gasteiger partial charge in [-0.05, 0) is 70.6 Å². The molecule has 0 radical (unpaired) electrons. The monoisotopic (exact) mass is 957 g/mol. The molecule has 1 atom stereocenters. The second-order valence-electron chi connectivity index (χ2n) is 20.6. The normalized spacial score (nSPS) is 12.1. The van der Waals surface area contributed by atoms with Crippen LogP contribution in [-0.4, -0.2) is 37.2 Å². The molecule has 0 saturated heterocycles. The van der Waals surface area contributed by atoms with Gasteiger partial charge in [0.1, 0.15) is 13.2 Å². The number of carbonyl (C=O) groups is 3. The van der Waals surface area contributed by atoms with Crippen molar-refractivity contribution in [2.24, 2.45) is 0 Å². The SMILES string of the molecule is CCCCCCCCC/C=C\CCCCCCCCCC(=O)OC(COC(=O)CCCCCCCCCCC)COC(=O)CCCCCCCCCCCCC/C=C\CCCCCCCCCC. The highest BCUT2D eigenvalue weighted by molar-refractivity contribution is 5.71. The van der Waals surface area contributed by atoms with Gasteiger partial charge in [0.2, 0.25) is 0 Å². The first kappa shape index (κ1) is 65.9. The second-order valence-corrected chi connectivity index (χ2v) is 20.6. The number of allylic oxidation sites excluding steroid dienone is 4. The van der Waals surface area contributed by atoms with Crippen LogP contribution < -0.4 is 0 Å². The summed E-state index contributed by atoms with van der Waals surface area (Å²) in [7, 11) is 0. The van der Waals surface area contributed by atoms with E-state index in [-0.39, 0.29) is 31.1 Å². The van der Waals surface area contributed by atoms with Gasteiger partial charge in [-0.25, -0.2) is 0 Å². The molecule has 6 nitrogen and oxygen atoms in total. The molecular weight excluding hydrogens is 841 g/mol. The van der Waals surface area contributed by atoms with Crippen molar-refractivity contribution in [3.05, 3.63) is 24.3 Å². The van der Waals surface area contributed by atoms with E-state index in [0.29, 0.717) is 19.3 Å². The van der Waals surface area contributed by atoms with Gasteiger partial charge in [0.05, 0.1) is 0 Å². The van der Waals surface area contributed by atoms with Crippen LogP contribution >= 0.6 is 0 Å². The van der Waals surface area contributed by atoms with Crippen LogP contribution in [0.25, 0.3) is 0 Å². The molecule has 6 heteroatoms. The average Bonchev–Trinajstić information content (AvgIpc) is 3.34. The minimum absolute atomic E-state index is 0.0691. The van der Waals surface area contributed by atoms with Crippen LogP contribution in [0, 0.1) is 0 Å². The Morgan fingerprint density at radius 2 is 0.485 bits per heavy atom. The number of esters is 3. The zero-order valence-corrected chi connectivity index (χ0v) is 45.9. The predicted molar refractivity (Wildman–Crippen MR) is 293 cm³/mol. The standard InChI is InChI=1S/C62H116O6/c1-4-7-10-13-16-19-21-23-25-27-29-30-31-32-33-35-36-38-40-43-46-49-52-55-61(64)67-58-59(57-66-60(63)54-51-48-45-42-18-15-12-9-6-3)68-62(65)56-53-50-47-44-41-39-37-34-28-26-24-22-20-17-14-11-8-5-2/h26-29,59H,4-25,30-58H2,1-3H3/b28-26-,29-27-. The first-order valence-corrected chi connectivity index (χ1v) is 30.3. The van der Waals surface area contributed by atoms with Gasteiger partial charge in [0.25, 0.3) is 0 Å². The van der Waals surface area contributed by atoms with Crippen molar-refractivity contribution >= 4 is 17.9 Å². The van der Waals surface area contributed by atoms with E-state index in [1.54, 1.807) is 0 Å². The number of rotatable bonds is 56. The van der Waals surface area contributed by atoms with Crippen LogP contribution in [0.3, 0.4) is 0 Å². The topological polar surface area (TPSA) is 78.9 Å². The van der Waals surface area contributed by atoms with Crippen molar-refractivity contribution < 1.29 is 28.6 Å². The van der Waals surface area contributed by atoms with Gasteiger partial charge in [0, 0.05) is 19.3 Å². The van der Waals surface area contributed by atoms with Crippen LogP contribution in [0.4, 0.5) is 0 Å². The maximum Gasteiger partial charge on any atom is 0.306 e. The molecular formula is C62H116O6. The Balaban J connectivity index is 4.19. The summed E-state index contributed by atoms with van der Waals surface area (Å²) in [6, 6.07) is 0. The van der Waals surface area contributed by atoms with Gasteiger partial charge in [0.15, 0.2) is 6.10 Å². The molecule has 0 N–H and O–H groups in total. The van der Waals surface area contributed by atoms with Gasteiger partial charge in [-0.2, -0.15) is 0 Å². The van der Waals surface area contributed by atoms with Crippen molar-refractivity contribution in [2.75, 3.05) is 13.2 Å². The van der Waals surface area contributed by atoms with E-state index in [9.17, 15) is 14.4 Å². The van der Waals surface area contributed by atoms with Crippen molar-refractivity contribution in [3.63, 3.8) is 0 Å². The summed E-state index contributed by atoms with van der Waals surface area (Å²) in [6.07, 6.45) is 67.6. The van der Waals surface area contributed by atoms with Gasteiger partial charge in [-0.15, -0.1) is 0 Å². The lowest BCUT2D eigenvalue weighted by Crippen LogP contribution is -2.30. The molecule has 68 heavy (non-hydrogen) atoms. The average molecular weight is 958 g/mol. The molecule has 0 bridgehead atoms. The summed E-state index contributed by atoms with van der Waals surface area (Å²) < 4.78 is 16.9. The van der Waals surface area contributed by atoms with Crippen LogP contribution in [0.2, 0.25) is 0 Å². The fraction of sp³-hybridized carbons (Fsp3) is 0.887. The smallest absolute Gasteiger partial charge is 0.306 e. The third-order valence-corrected chi connectivity index (χ3v) is 13.7. The van der Waals surface area contributed by atoms with Crippen LogP contribution in [0.15, 0.2) is 24.3 Å². The summed E-state index contributed by atoms with van der Waals surface area (Å²) >= 11 is 0. The van der Waals surface area contributed by atoms with Crippen molar-refractivity contribution in [1.29, 1.82) is 0 Å². The molecule has 0 aromatic carbocycles. The lowest BCUT2D eigenvalue weighted by Gasteiger charge is -2.18.